The predicted octanol–water partition coefficient (Wildman–Crippen LogP) is 2.68. The van der Waals surface area contributed by atoms with Crippen LogP contribution in [0.4, 0.5) is 11.4 Å². The molecule has 8 nitrogen and oxygen atoms in total. The molecule has 0 aliphatic heterocycles. The summed E-state index contributed by atoms with van der Waals surface area (Å²) in [7, 11) is 0. The van der Waals surface area contributed by atoms with Crippen LogP contribution < -0.4 is 16.0 Å². The second kappa shape index (κ2) is 8.63. The van der Waals surface area contributed by atoms with Crippen LogP contribution in [-0.2, 0) is 4.79 Å². The quantitative estimate of drug-likeness (QED) is 0.610. The number of amides is 3. The Morgan fingerprint density at radius 1 is 0.929 bits per heavy atom. The van der Waals surface area contributed by atoms with Gasteiger partial charge in [-0.15, -0.1) is 0 Å². The minimum absolute atomic E-state index is 0.286. The maximum atomic E-state index is 12.3. The Bertz CT molecular complexity index is 971. The van der Waals surface area contributed by atoms with Crippen LogP contribution in [0.1, 0.15) is 27.6 Å². The Hall–Kier alpha value is -3.94. The van der Waals surface area contributed by atoms with Crippen LogP contribution >= 0.6 is 0 Å². The van der Waals surface area contributed by atoms with E-state index < -0.39 is 17.9 Å². The minimum Gasteiger partial charge on any atom is -0.472 e. The molecule has 3 aromatic rings. The molecule has 0 spiro atoms. The van der Waals surface area contributed by atoms with E-state index in [0.717, 1.165) is 0 Å². The number of aromatic nitrogens is 1. The van der Waals surface area contributed by atoms with Gasteiger partial charge in [-0.05, 0) is 43.3 Å². The molecular weight excluding hydrogens is 360 g/mol. The molecule has 28 heavy (non-hydrogen) atoms. The first-order valence-electron chi connectivity index (χ1n) is 8.48. The topological polar surface area (TPSA) is 113 Å². The lowest BCUT2D eigenvalue weighted by Gasteiger charge is -2.14. The van der Waals surface area contributed by atoms with Gasteiger partial charge in [-0.1, -0.05) is 6.07 Å². The Morgan fingerprint density at radius 2 is 1.64 bits per heavy atom. The number of anilines is 2. The first-order valence-corrected chi connectivity index (χ1v) is 8.48. The first kappa shape index (κ1) is 18.8. The van der Waals surface area contributed by atoms with Crippen LogP contribution in [-0.4, -0.2) is 28.7 Å². The summed E-state index contributed by atoms with van der Waals surface area (Å²) in [5.41, 5.74) is 1.82. The van der Waals surface area contributed by atoms with Crippen LogP contribution in [0.15, 0.2) is 71.8 Å². The Labute approximate surface area is 161 Å². The van der Waals surface area contributed by atoms with Gasteiger partial charge in [0.15, 0.2) is 0 Å². The average Bonchev–Trinajstić information content (AvgIpc) is 3.24. The third-order valence-corrected chi connectivity index (χ3v) is 3.85. The van der Waals surface area contributed by atoms with E-state index in [1.54, 1.807) is 43.3 Å². The standard InChI is InChI=1S/C20H18N4O4/c1-13(22-20(27)15-7-10-28-12-15)18(25)23-16-3-2-4-17(11-16)24-19(26)14-5-8-21-9-6-14/h2-13H,1H3,(H,22,27)(H,23,25)(H,24,26). The molecule has 1 atom stereocenters. The van der Waals surface area contributed by atoms with Gasteiger partial charge < -0.3 is 20.4 Å². The van der Waals surface area contributed by atoms with E-state index in [9.17, 15) is 14.4 Å². The molecule has 1 unspecified atom stereocenters. The van der Waals surface area contributed by atoms with Crippen LogP contribution in [0, 0.1) is 0 Å². The van der Waals surface area contributed by atoms with Crippen molar-refractivity contribution in [3.05, 3.63) is 78.5 Å². The number of carbonyl (C=O) groups excluding carboxylic acids is 3. The highest BCUT2D eigenvalue weighted by Crippen LogP contribution is 2.16. The van der Waals surface area contributed by atoms with Gasteiger partial charge in [-0.2, -0.15) is 0 Å². The summed E-state index contributed by atoms with van der Waals surface area (Å²) in [4.78, 5) is 40.4. The average molecular weight is 378 g/mol. The highest BCUT2D eigenvalue weighted by Gasteiger charge is 2.17. The number of benzene rings is 1. The van der Waals surface area contributed by atoms with Crippen LogP contribution in [0.5, 0.6) is 0 Å². The molecule has 2 heterocycles. The van der Waals surface area contributed by atoms with Crippen molar-refractivity contribution < 1.29 is 18.8 Å². The van der Waals surface area contributed by atoms with Crippen LogP contribution in [0.25, 0.3) is 0 Å². The SMILES string of the molecule is CC(NC(=O)c1ccoc1)C(=O)Nc1cccc(NC(=O)c2ccncc2)c1. The lowest BCUT2D eigenvalue weighted by molar-refractivity contribution is -0.117. The highest BCUT2D eigenvalue weighted by molar-refractivity contribution is 6.05. The second-order valence-corrected chi connectivity index (χ2v) is 5.97. The molecule has 0 saturated carbocycles. The molecule has 0 bridgehead atoms. The zero-order chi connectivity index (χ0) is 19.9. The van der Waals surface area contributed by atoms with Crippen molar-refractivity contribution in [1.82, 2.24) is 10.3 Å². The fraction of sp³-hybridized carbons (Fsp3) is 0.100. The fourth-order valence-electron chi connectivity index (χ4n) is 2.37. The number of hydrogen-bond donors (Lipinski definition) is 3. The summed E-state index contributed by atoms with van der Waals surface area (Å²) in [5, 5.41) is 8.05. The largest absolute Gasteiger partial charge is 0.472 e. The monoisotopic (exact) mass is 378 g/mol. The minimum atomic E-state index is -0.766. The lowest BCUT2D eigenvalue weighted by atomic mass is 10.2. The van der Waals surface area contributed by atoms with Crippen LogP contribution in [0.3, 0.4) is 0 Å². The van der Waals surface area contributed by atoms with Crippen molar-refractivity contribution in [2.24, 2.45) is 0 Å². The van der Waals surface area contributed by atoms with Gasteiger partial charge in [-0.25, -0.2) is 0 Å². The van der Waals surface area contributed by atoms with Crippen molar-refractivity contribution in [2.45, 2.75) is 13.0 Å². The number of furan rings is 1. The van der Waals surface area contributed by atoms with Gasteiger partial charge in [-0.3, -0.25) is 19.4 Å². The van der Waals surface area contributed by atoms with Gasteiger partial charge in [0.2, 0.25) is 5.91 Å². The smallest absolute Gasteiger partial charge is 0.255 e. The maximum absolute atomic E-state index is 12.3. The van der Waals surface area contributed by atoms with E-state index in [2.05, 4.69) is 20.9 Å². The number of nitrogens with one attached hydrogen (secondary N) is 3. The van der Waals surface area contributed by atoms with Gasteiger partial charge in [0, 0.05) is 29.3 Å². The molecule has 2 aromatic heterocycles. The van der Waals surface area contributed by atoms with E-state index in [-0.39, 0.29) is 5.91 Å². The molecule has 3 amide bonds. The van der Waals surface area contributed by atoms with Gasteiger partial charge in [0.25, 0.3) is 11.8 Å². The Kier molecular flexibility index (Phi) is 5.81. The molecule has 0 aliphatic carbocycles. The van der Waals surface area contributed by atoms with E-state index >= 15 is 0 Å². The van der Waals surface area contributed by atoms with E-state index in [1.165, 1.54) is 31.0 Å². The van der Waals surface area contributed by atoms with E-state index in [4.69, 9.17) is 4.42 Å². The van der Waals surface area contributed by atoms with E-state index in [0.29, 0.717) is 22.5 Å². The lowest BCUT2D eigenvalue weighted by Crippen LogP contribution is -2.41. The van der Waals surface area contributed by atoms with Gasteiger partial charge in [0.05, 0.1) is 11.8 Å². The zero-order valence-corrected chi connectivity index (χ0v) is 15.0. The summed E-state index contributed by atoms with van der Waals surface area (Å²) in [6.45, 7) is 1.57. The third kappa shape index (κ3) is 4.82. The summed E-state index contributed by atoms with van der Waals surface area (Å²) < 4.78 is 4.85. The van der Waals surface area contributed by atoms with Crippen LogP contribution in [0.2, 0.25) is 0 Å². The Balaban J connectivity index is 1.59. The Morgan fingerprint density at radius 3 is 2.32 bits per heavy atom. The van der Waals surface area contributed by atoms with Crippen molar-refractivity contribution in [1.29, 1.82) is 0 Å². The molecule has 0 radical (unpaired) electrons. The summed E-state index contributed by atoms with van der Waals surface area (Å²) in [6, 6.07) is 10.7. The maximum Gasteiger partial charge on any atom is 0.255 e. The molecule has 0 fully saturated rings. The molecule has 8 heteroatoms. The molecule has 0 saturated heterocycles. The van der Waals surface area contributed by atoms with Crippen molar-refractivity contribution in [3.63, 3.8) is 0 Å². The van der Waals surface area contributed by atoms with Crippen molar-refractivity contribution in [3.8, 4) is 0 Å². The zero-order valence-electron chi connectivity index (χ0n) is 15.0. The number of carbonyl (C=O) groups is 3. The van der Waals surface area contributed by atoms with Crippen molar-refractivity contribution in [2.75, 3.05) is 10.6 Å². The van der Waals surface area contributed by atoms with Crippen molar-refractivity contribution >= 4 is 29.1 Å². The molecule has 1 aromatic carbocycles. The molecule has 3 rings (SSSR count). The predicted molar refractivity (Wildman–Crippen MR) is 103 cm³/mol. The third-order valence-electron chi connectivity index (χ3n) is 3.85. The van der Waals surface area contributed by atoms with Gasteiger partial charge >= 0.3 is 0 Å². The van der Waals surface area contributed by atoms with Gasteiger partial charge in [0.1, 0.15) is 12.3 Å². The highest BCUT2D eigenvalue weighted by atomic mass is 16.3. The normalized spacial score (nSPS) is 11.3. The molecule has 142 valence electrons. The number of rotatable bonds is 6. The second-order valence-electron chi connectivity index (χ2n) is 5.97. The molecule has 3 N–H and O–H groups in total. The number of pyridine rings is 1. The summed E-state index contributed by atoms with van der Waals surface area (Å²) >= 11 is 0. The number of nitrogens with zero attached hydrogens (tertiary/aromatic N) is 1. The van der Waals surface area contributed by atoms with E-state index in [1.807, 2.05) is 0 Å². The summed E-state index contributed by atoms with van der Waals surface area (Å²) in [5.74, 6) is -1.09. The fourth-order valence-corrected chi connectivity index (χ4v) is 2.37. The summed E-state index contributed by atoms with van der Waals surface area (Å²) in [6.07, 6.45) is 5.75. The molecule has 0 aliphatic rings. The number of hydrogen-bond acceptors (Lipinski definition) is 5. The molecular formula is C20H18N4O4. The first-order chi connectivity index (χ1) is 13.5.